The number of hydrogen-bond acceptors (Lipinski definition) is 5. The van der Waals surface area contributed by atoms with Crippen LogP contribution < -0.4 is 0 Å². The van der Waals surface area contributed by atoms with Gasteiger partial charge < -0.3 is 9.84 Å². The lowest BCUT2D eigenvalue weighted by Gasteiger charge is -2.46. The van der Waals surface area contributed by atoms with Gasteiger partial charge in [0.1, 0.15) is 12.4 Å². The van der Waals surface area contributed by atoms with Gasteiger partial charge in [0.05, 0.1) is 12.1 Å². The number of carbonyl (C=O) groups is 1. The number of hydrogen-bond donors (Lipinski definition) is 1. The maximum Gasteiger partial charge on any atom is 0.329 e. The molecule has 0 unspecified atom stereocenters. The van der Waals surface area contributed by atoms with Crippen molar-refractivity contribution in [1.82, 2.24) is 14.9 Å². The van der Waals surface area contributed by atoms with Crippen LogP contribution in [0.1, 0.15) is 12.7 Å². The van der Waals surface area contributed by atoms with E-state index in [1.165, 1.54) is 0 Å². The minimum absolute atomic E-state index is 0.244. The lowest BCUT2D eigenvalue weighted by molar-refractivity contribution is -0.166. The van der Waals surface area contributed by atoms with Crippen molar-refractivity contribution in [2.75, 3.05) is 19.7 Å². The first-order chi connectivity index (χ1) is 8.07. The van der Waals surface area contributed by atoms with Crippen molar-refractivity contribution in [2.45, 2.75) is 19.1 Å². The van der Waals surface area contributed by atoms with Gasteiger partial charge in [0.15, 0.2) is 0 Å². The third-order valence-corrected chi connectivity index (χ3v) is 2.64. The highest BCUT2D eigenvalue weighted by Gasteiger charge is 2.40. The number of carboxylic acid groups (broad SMARTS) is 1. The van der Waals surface area contributed by atoms with E-state index in [9.17, 15) is 4.79 Å². The highest BCUT2D eigenvalue weighted by molar-refractivity contribution is 5.68. The van der Waals surface area contributed by atoms with Crippen LogP contribution in [0.5, 0.6) is 0 Å². The summed E-state index contributed by atoms with van der Waals surface area (Å²) in [7, 11) is 0. The number of aromatic nitrogens is 2. The molecule has 1 aliphatic rings. The standard InChI is InChI=1S/C11H15N3O3/c1-11(17-6-10(15)16)7-14(8-11)5-9-12-3-2-4-13-9/h2-4H,5-8H2,1H3,(H,15,16). The zero-order valence-electron chi connectivity index (χ0n) is 9.67. The molecule has 0 spiro atoms. The normalized spacial score (nSPS) is 18.6. The molecule has 2 rings (SSSR count). The van der Waals surface area contributed by atoms with E-state index in [1.54, 1.807) is 18.5 Å². The summed E-state index contributed by atoms with van der Waals surface area (Å²) in [5, 5.41) is 8.54. The average Bonchev–Trinajstić information content (AvgIpc) is 2.26. The molecule has 0 bridgehead atoms. The van der Waals surface area contributed by atoms with E-state index in [4.69, 9.17) is 9.84 Å². The number of aliphatic carboxylic acids is 1. The summed E-state index contributed by atoms with van der Waals surface area (Å²) in [4.78, 5) is 20.8. The predicted molar refractivity (Wildman–Crippen MR) is 59.3 cm³/mol. The van der Waals surface area contributed by atoms with Crippen LogP contribution in [0.3, 0.4) is 0 Å². The molecule has 6 heteroatoms. The Kier molecular flexibility index (Phi) is 3.35. The quantitative estimate of drug-likeness (QED) is 0.785. The topological polar surface area (TPSA) is 75.6 Å². The summed E-state index contributed by atoms with van der Waals surface area (Å²) in [6, 6.07) is 1.78. The van der Waals surface area contributed by atoms with Gasteiger partial charge in [-0.05, 0) is 13.0 Å². The molecule has 1 fully saturated rings. The van der Waals surface area contributed by atoms with E-state index in [0.717, 1.165) is 5.82 Å². The fraction of sp³-hybridized carbons (Fsp3) is 0.545. The molecule has 0 aliphatic carbocycles. The number of rotatable bonds is 5. The van der Waals surface area contributed by atoms with Crippen LogP contribution in [0, 0.1) is 0 Å². The fourth-order valence-corrected chi connectivity index (χ4v) is 1.95. The lowest BCUT2D eigenvalue weighted by atomic mass is 9.96. The SMILES string of the molecule is CC1(OCC(=O)O)CN(Cc2ncccn2)C1. The first-order valence-corrected chi connectivity index (χ1v) is 5.41. The Morgan fingerprint density at radius 1 is 1.53 bits per heavy atom. The Hall–Kier alpha value is -1.53. The number of likely N-dealkylation sites (tertiary alicyclic amines) is 1. The summed E-state index contributed by atoms with van der Waals surface area (Å²) in [6.45, 7) is 3.76. The van der Waals surface area contributed by atoms with Gasteiger partial charge in [-0.3, -0.25) is 4.90 Å². The van der Waals surface area contributed by atoms with Gasteiger partial charge in [-0.25, -0.2) is 14.8 Å². The molecule has 2 heterocycles. The van der Waals surface area contributed by atoms with E-state index in [2.05, 4.69) is 14.9 Å². The molecule has 0 atom stereocenters. The van der Waals surface area contributed by atoms with Crippen LogP contribution >= 0.6 is 0 Å². The van der Waals surface area contributed by atoms with Crippen LogP contribution in [-0.4, -0.2) is 51.2 Å². The molecule has 6 nitrogen and oxygen atoms in total. The Morgan fingerprint density at radius 2 is 2.18 bits per heavy atom. The maximum absolute atomic E-state index is 10.4. The molecule has 1 aromatic heterocycles. The largest absolute Gasteiger partial charge is 0.480 e. The summed E-state index contributed by atoms with van der Waals surface area (Å²) in [6.07, 6.45) is 3.42. The second-order valence-electron chi connectivity index (χ2n) is 4.44. The van der Waals surface area contributed by atoms with Gasteiger partial charge in [0, 0.05) is 25.5 Å². The second kappa shape index (κ2) is 4.77. The second-order valence-corrected chi connectivity index (χ2v) is 4.44. The van der Waals surface area contributed by atoms with Crippen LogP contribution in [-0.2, 0) is 16.1 Å². The Morgan fingerprint density at radius 3 is 2.76 bits per heavy atom. The molecule has 0 saturated carbocycles. The molecule has 92 valence electrons. The Labute approximate surface area is 99.2 Å². The minimum atomic E-state index is -0.934. The van der Waals surface area contributed by atoms with Crippen molar-refractivity contribution < 1.29 is 14.6 Å². The van der Waals surface area contributed by atoms with Crippen molar-refractivity contribution in [3.8, 4) is 0 Å². The Bertz CT molecular complexity index is 390. The molecule has 1 N–H and O–H groups in total. The van der Waals surface area contributed by atoms with Gasteiger partial charge in [0.25, 0.3) is 0 Å². The third-order valence-electron chi connectivity index (χ3n) is 2.64. The molecule has 1 saturated heterocycles. The van der Waals surface area contributed by atoms with Crippen LogP contribution in [0.15, 0.2) is 18.5 Å². The molecule has 1 aliphatic heterocycles. The van der Waals surface area contributed by atoms with Crippen molar-refractivity contribution in [1.29, 1.82) is 0 Å². The Balaban J connectivity index is 1.77. The zero-order valence-corrected chi connectivity index (χ0v) is 9.67. The van der Waals surface area contributed by atoms with Gasteiger partial charge in [-0.2, -0.15) is 0 Å². The van der Waals surface area contributed by atoms with E-state index in [0.29, 0.717) is 19.6 Å². The smallest absolute Gasteiger partial charge is 0.329 e. The molecule has 0 amide bonds. The molecule has 0 aromatic carbocycles. The van der Waals surface area contributed by atoms with E-state index >= 15 is 0 Å². The molecule has 0 radical (unpaired) electrons. The van der Waals surface area contributed by atoms with Crippen molar-refractivity contribution in [3.05, 3.63) is 24.3 Å². The van der Waals surface area contributed by atoms with Gasteiger partial charge in [-0.15, -0.1) is 0 Å². The highest BCUT2D eigenvalue weighted by atomic mass is 16.5. The van der Waals surface area contributed by atoms with E-state index in [1.807, 2.05) is 6.92 Å². The molecule has 17 heavy (non-hydrogen) atoms. The van der Waals surface area contributed by atoms with Gasteiger partial charge >= 0.3 is 5.97 Å². The molecule has 1 aromatic rings. The molecular weight excluding hydrogens is 222 g/mol. The van der Waals surface area contributed by atoms with E-state index < -0.39 is 5.97 Å². The number of nitrogens with zero attached hydrogens (tertiary/aromatic N) is 3. The summed E-state index contributed by atoms with van der Waals surface area (Å²) in [5.74, 6) is -0.163. The summed E-state index contributed by atoms with van der Waals surface area (Å²) in [5.41, 5.74) is -0.354. The predicted octanol–water partition coefficient (Wildman–Crippen LogP) is 0.152. The number of ether oxygens (including phenoxy) is 1. The summed E-state index contributed by atoms with van der Waals surface area (Å²) >= 11 is 0. The first kappa shape index (κ1) is 11.9. The van der Waals surface area contributed by atoms with Gasteiger partial charge in [0.2, 0.25) is 0 Å². The molecular formula is C11H15N3O3. The first-order valence-electron chi connectivity index (χ1n) is 5.41. The van der Waals surface area contributed by atoms with Crippen molar-refractivity contribution in [2.24, 2.45) is 0 Å². The summed E-state index contributed by atoms with van der Waals surface area (Å²) < 4.78 is 5.31. The van der Waals surface area contributed by atoms with E-state index in [-0.39, 0.29) is 12.2 Å². The monoisotopic (exact) mass is 237 g/mol. The zero-order chi connectivity index (χ0) is 12.3. The maximum atomic E-state index is 10.4. The lowest BCUT2D eigenvalue weighted by Crippen LogP contribution is -2.61. The highest BCUT2D eigenvalue weighted by Crippen LogP contribution is 2.25. The van der Waals surface area contributed by atoms with Gasteiger partial charge in [-0.1, -0.05) is 0 Å². The average molecular weight is 237 g/mol. The van der Waals surface area contributed by atoms with Crippen molar-refractivity contribution in [3.63, 3.8) is 0 Å². The fourth-order valence-electron chi connectivity index (χ4n) is 1.95. The third kappa shape index (κ3) is 3.21. The van der Waals surface area contributed by atoms with Crippen molar-refractivity contribution >= 4 is 5.97 Å². The number of carboxylic acids is 1. The minimum Gasteiger partial charge on any atom is -0.480 e. The van der Waals surface area contributed by atoms with Crippen LogP contribution in [0.25, 0.3) is 0 Å². The van der Waals surface area contributed by atoms with Crippen LogP contribution in [0.2, 0.25) is 0 Å². The van der Waals surface area contributed by atoms with Crippen LogP contribution in [0.4, 0.5) is 0 Å².